The van der Waals surface area contributed by atoms with Crippen molar-refractivity contribution in [1.29, 1.82) is 5.26 Å². The van der Waals surface area contributed by atoms with Gasteiger partial charge in [0.25, 0.3) is 0 Å². The van der Waals surface area contributed by atoms with E-state index in [1.165, 1.54) is 0 Å². The highest BCUT2D eigenvalue weighted by Crippen LogP contribution is 2.21. The fraction of sp³-hybridized carbons (Fsp3) is 0. The summed E-state index contributed by atoms with van der Waals surface area (Å²) in [6.45, 7) is 0. The van der Waals surface area contributed by atoms with Gasteiger partial charge in [-0.15, -0.1) is 0 Å². The summed E-state index contributed by atoms with van der Waals surface area (Å²) in [5, 5.41) is 8.81. The molecule has 0 N–H and O–H groups in total. The Morgan fingerprint density at radius 2 is 2.17 bits per heavy atom. The molecule has 3 rings (SSSR count). The van der Waals surface area contributed by atoms with E-state index in [4.69, 9.17) is 5.26 Å². The van der Waals surface area contributed by atoms with E-state index >= 15 is 0 Å². The summed E-state index contributed by atoms with van der Waals surface area (Å²) < 4.78 is 2.81. The Morgan fingerprint density at radius 3 is 2.94 bits per heavy atom. The Hall–Kier alpha value is -2.19. The normalized spacial score (nSPS) is 10.4. The summed E-state index contributed by atoms with van der Waals surface area (Å²) in [6, 6.07) is 9.92. The molecule has 0 radical (unpaired) electrons. The zero-order valence-electron chi connectivity index (χ0n) is 9.21. The van der Waals surface area contributed by atoms with Gasteiger partial charge in [-0.3, -0.25) is 4.98 Å². The summed E-state index contributed by atoms with van der Waals surface area (Å²) in [7, 11) is 0. The van der Waals surface area contributed by atoms with Crippen molar-refractivity contribution in [3.05, 3.63) is 53.0 Å². The third kappa shape index (κ3) is 1.87. The summed E-state index contributed by atoms with van der Waals surface area (Å²) in [5.41, 5.74) is 2.91. The minimum absolute atomic E-state index is 0.392. The highest BCUT2D eigenvalue weighted by Gasteiger charge is 2.04. The van der Waals surface area contributed by atoms with Gasteiger partial charge in [0.15, 0.2) is 11.3 Å². The van der Waals surface area contributed by atoms with Crippen LogP contribution >= 0.6 is 15.9 Å². The molecule has 86 valence electrons. The Bertz CT molecular complexity index is 770. The lowest BCUT2D eigenvalue weighted by atomic mass is 10.2. The minimum atomic E-state index is 0.392. The van der Waals surface area contributed by atoms with Crippen LogP contribution in [0, 0.1) is 11.3 Å². The average Bonchev–Trinajstić information content (AvgIpc) is 2.80. The second-order valence-corrected chi connectivity index (χ2v) is 4.70. The topological polar surface area (TPSA) is 54.0 Å². The second-order valence-electron chi connectivity index (χ2n) is 3.79. The number of aromatic nitrogens is 3. The Kier molecular flexibility index (Phi) is 2.58. The molecule has 5 heteroatoms. The van der Waals surface area contributed by atoms with Gasteiger partial charge in [0.05, 0.1) is 11.9 Å². The van der Waals surface area contributed by atoms with Crippen LogP contribution in [0.5, 0.6) is 0 Å². The van der Waals surface area contributed by atoms with Gasteiger partial charge in [0.2, 0.25) is 0 Å². The largest absolute Gasteiger partial charge is 0.302 e. The maximum atomic E-state index is 8.81. The van der Waals surface area contributed by atoms with Gasteiger partial charge < -0.3 is 4.40 Å². The first kappa shape index (κ1) is 10.9. The smallest absolute Gasteiger partial charge is 0.159 e. The third-order valence-corrected chi connectivity index (χ3v) is 3.07. The first-order chi connectivity index (χ1) is 8.76. The number of nitrogens with zero attached hydrogens (tertiary/aromatic N) is 4. The Balaban J connectivity index is 2.16. The maximum Gasteiger partial charge on any atom is 0.159 e. The van der Waals surface area contributed by atoms with Crippen LogP contribution < -0.4 is 0 Å². The molecular weight excluding hydrogens is 292 g/mol. The second kappa shape index (κ2) is 4.24. The lowest BCUT2D eigenvalue weighted by Gasteiger charge is -2.02. The van der Waals surface area contributed by atoms with E-state index < -0.39 is 0 Å². The van der Waals surface area contributed by atoms with Gasteiger partial charge in [-0.25, -0.2) is 4.98 Å². The third-order valence-electron chi connectivity index (χ3n) is 2.58. The van der Waals surface area contributed by atoms with Crippen molar-refractivity contribution in [3.63, 3.8) is 0 Å². The molecule has 0 spiro atoms. The predicted octanol–water partition coefficient (Wildman–Crippen LogP) is 3.03. The molecule has 3 aromatic rings. The molecule has 0 aliphatic heterocycles. The van der Waals surface area contributed by atoms with Gasteiger partial charge in [0, 0.05) is 22.4 Å². The summed E-state index contributed by atoms with van der Waals surface area (Å²) >= 11 is 3.43. The van der Waals surface area contributed by atoms with Gasteiger partial charge in [-0.05, 0) is 12.1 Å². The maximum absolute atomic E-state index is 8.81. The van der Waals surface area contributed by atoms with Crippen molar-refractivity contribution in [1.82, 2.24) is 14.4 Å². The van der Waals surface area contributed by atoms with E-state index in [0.717, 1.165) is 15.7 Å². The van der Waals surface area contributed by atoms with E-state index in [2.05, 4.69) is 25.9 Å². The number of benzene rings is 1. The molecule has 0 saturated carbocycles. The molecule has 0 aliphatic rings. The Labute approximate surface area is 112 Å². The number of halogens is 1. The number of hydrogen-bond donors (Lipinski definition) is 0. The molecule has 0 saturated heterocycles. The van der Waals surface area contributed by atoms with Gasteiger partial charge in [0.1, 0.15) is 6.07 Å². The molecule has 4 nitrogen and oxygen atoms in total. The summed E-state index contributed by atoms with van der Waals surface area (Å²) in [5.74, 6) is 0. The molecule has 0 atom stereocenters. The van der Waals surface area contributed by atoms with Crippen molar-refractivity contribution in [3.8, 4) is 17.3 Å². The SMILES string of the molecule is N#Cc1cn2cc(-c3cccc(Br)c3)ncc2n1. The molecular formula is C13H7BrN4. The van der Waals surface area contributed by atoms with E-state index in [1.54, 1.807) is 12.4 Å². The van der Waals surface area contributed by atoms with Crippen molar-refractivity contribution in [2.75, 3.05) is 0 Å². The van der Waals surface area contributed by atoms with Gasteiger partial charge >= 0.3 is 0 Å². The van der Waals surface area contributed by atoms with Crippen LogP contribution in [0.3, 0.4) is 0 Å². The molecule has 0 bridgehead atoms. The average molecular weight is 299 g/mol. The van der Waals surface area contributed by atoms with Gasteiger partial charge in [-0.1, -0.05) is 28.1 Å². The van der Waals surface area contributed by atoms with Crippen LogP contribution in [-0.2, 0) is 0 Å². The van der Waals surface area contributed by atoms with Crippen molar-refractivity contribution < 1.29 is 0 Å². The molecule has 0 aliphatic carbocycles. The molecule has 0 fully saturated rings. The van der Waals surface area contributed by atoms with Crippen molar-refractivity contribution in [2.24, 2.45) is 0 Å². The first-order valence-electron chi connectivity index (χ1n) is 5.27. The van der Waals surface area contributed by atoms with Crippen LogP contribution in [0.1, 0.15) is 5.69 Å². The van der Waals surface area contributed by atoms with E-state index in [-0.39, 0.29) is 0 Å². The highest BCUT2D eigenvalue weighted by molar-refractivity contribution is 9.10. The number of nitriles is 1. The van der Waals surface area contributed by atoms with E-state index in [1.807, 2.05) is 40.9 Å². The Morgan fingerprint density at radius 1 is 1.28 bits per heavy atom. The number of imidazole rings is 1. The van der Waals surface area contributed by atoms with Crippen LogP contribution in [0.4, 0.5) is 0 Å². The minimum Gasteiger partial charge on any atom is -0.302 e. The zero-order valence-corrected chi connectivity index (χ0v) is 10.8. The number of hydrogen-bond acceptors (Lipinski definition) is 3. The standard InChI is InChI=1S/C13H7BrN4/c14-10-3-1-2-9(4-10)12-8-18-7-11(5-15)17-13(18)6-16-12/h1-4,6-8H. The molecule has 18 heavy (non-hydrogen) atoms. The van der Waals surface area contributed by atoms with Crippen LogP contribution in [0.25, 0.3) is 16.9 Å². The summed E-state index contributed by atoms with van der Waals surface area (Å²) in [4.78, 5) is 8.47. The quantitative estimate of drug-likeness (QED) is 0.694. The van der Waals surface area contributed by atoms with Crippen LogP contribution in [0.15, 0.2) is 47.3 Å². The lowest BCUT2D eigenvalue weighted by molar-refractivity contribution is 1.13. The van der Waals surface area contributed by atoms with Crippen LogP contribution in [-0.4, -0.2) is 14.4 Å². The fourth-order valence-electron chi connectivity index (χ4n) is 1.75. The predicted molar refractivity (Wildman–Crippen MR) is 70.8 cm³/mol. The van der Waals surface area contributed by atoms with Gasteiger partial charge in [-0.2, -0.15) is 5.26 Å². The molecule has 1 aromatic carbocycles. The fourth-order valence-corrected chi connectivity index (χ4v) is 2.15. The van der Waals surface area contributed by atoms with Crippen molar-refractivity contribution in [2.45, 2.75) is 0 Å². The lowest BCUT2D eigenvalue weighted by Crippen LogP contribution is -1.89. The van der Waals surface area contributed by atoms with Crippen LogP contribution in [0.2, 0.25) is 0 Å². The molecule has 2 aromatic heterocycles. The van der Waals surface area contributed by atoms with E-state index in [0.29, 0.717) is 11.3 Å². The number of rotatable bonds is 1. The summed E-state index contributed by atoms with van der Waals surface area (Å²) in [6.07, 6.45) is 5.22. The zero-order chi connectivity index (χ0) is 12.5. The monoisotopic (exact) mass is 298 g/mol. The molecule has 0 unspecified atom stereocenters. The van der Waals surface area contributed by atoms with E-state index in [9.17, 15) is 0 Å². The molecule has 0 amide bonds. The number of fused-ring (bicyclic) bond motifs is 1. The molecule has 2 heterocycles. The highest BCUT2D eigenvalue weighted by atomic mass is 79.9. The first-order valence-corrected chi connectivity index (χ1v) is 6.06. The van der Waals surface area contributed by atoms with Crippen molar-refractivity contribution >= 4 is 21.6 Å².